The van der Waals surface area contributed by atoms with Gasteiger partial charge in [0, 0.05) is 12.1 Å². The van der Waals surface area contributed by atoms with Crippen molar-refractivity contribution in [2.75, 3.05) is 6.54 Å². The highest BCUT2D eigenvalue weighted by atomic mass is 14.9. The summed E-state index contributed by atoms with van der Waals surface area (Å²) >= 11 is 0. The predicted octanol–water partition coefficient (Wildman–Crippen LogP) is 3.04. The molecule has 1 aliphatic carbocycles. The van der Waals surface area contributed by atoms with E-state index in [1.54, 1.807) is 0 Å². The summed E-state index contributed by atoms with van der Waals surface area (Å²) in [4.78, 5) is 0. The van der Waals surface area contributed by atoms with Gasteiger partial charge in [0.2, 0.25) is 0 Å². The molecule has 0 heterocycles. The first-order valence-corrected chi connectivity index (χ1v) is 7.29. The van der Waals surface area contributed by atoms with Crippen molar-refractivity contribution in [2.45, 2.75) is 57.0 Å². The van der Waals surface area contributed by atoms with Gasteiger partial charge in [-0.2, -0.15) is 0 Å². The molecule has 0 bridgehead atoms. The summed E-state index contributed by atoms with van der Waals surface area (Å²) in [6.07, 6.45) is 6.09. The fourth-order valence-electron chi connectivity index (χ4n) is 2.78. The maximum absolute atomic E-state index is 5.92. The van der Waals surface area contributed by atoms with Crippen LogP contribution in [0.3, 0.4) is 0 Å². The summed E-state index contributed by atoms with van der Waals surface area (Å²) in [5.74, 6) is 0.643. The van der Waals surface area contributed by atoms with Crippen molar-refractivity contribution in [2.24, 2.45) is 5.73 Å². The molecule has 18 heavy (non-hydrogen) atoms. The Morgan fingerprint density at radius 2 is 1.83 bits per heavy atom. The van der Waals surface area contributed by atoms with Crippen LogP contribution in [0, 0.1) is 0 Å². The maximum Gasteiger partial charge on any atom is 0.00682 e. The van der Waals surface area contributed by atoms with E-state index >= 15 is 0 Å². The average Bonchev–Trinajstić information content (AvgIpc) is 2.42. The lowest BCUT2D eigenvalue weighted by molar-refractivity contribution is 0.340. The van der Waals surface area contributed by atoms with E-state index in [4.69, 9.17) is 5.73 Å². The number of nitrogens with one attached hydrogen (secondary N) is 1. The monoisotopic (exact) mass is 246 g/mol. The normalized spacial score (nSPS) is 25.9. The Bertz CT molecular complexity index is 328. The fourth-order valence-corrected chi connectivity index (χ4v) is 2.78. The van der Waals surface area contributed by atoms with Crippen molar-refractivity contribution in [3.05, 3.63) is 35.9 Å². The van der Waals surface area contributed by atoms with E-state index in [2.05, 4.69) is 42.6 Å². The van der Waals surface area contributed by atoms with Crippen LogP contribution in [-0.4, -0.2) is 18.6 Å². The lowest BCUT2D eigenvalue weighted by Gasteiger charge is -2.27. The molecule has 0 aliphatic heterocycles. The Kier molecular flexibility index (Phi) is 5.21. The number of nitrogens with two attached hydrogens (primary N) is 1. The van der Waals surface area contributed by atoms with Gasteiger partial charge in [0.15, 0.2) is 0 Å². The SMILES string of the molecule is CC(CCNC1CCC(N)CC1)c1ccccc1. The molecule has 1 aromatic rings. The van der Waals surface area contributed by atoms with Crippen LogP contribution in [0.15, 0.2) is 30.3 Å². The molecule has 1 atom stereocenters. The minimum absolute atomic E-state index is 0.450. The molecule has 0 amide bonds. The van der Waals surface area contributed by atoms with E-state index in [9.17, 15) is 0 Å². The number of hydrogen-bond donors (Lipinski definition) is 2. The smallest absolute Gasteiger partial charge is 0.00682 e. The topological polar surface area (TPSA) is 38.0 Å². The zero-order valence-electron chi connectivity index (χ0n) is 11.4. The minimum atomic E-state index is 0.450. The highest BCUT2D eigenvalue weighted by molar-refractivity contribution is 5.18. The highest BCUT2D eigenvalue weighted by Gasteiger charge is 2.17. The summed E-state index contributed by atoms with van der Waals surface area (Å²) in [7, 11) is 0. The molecule has 1 unspecified atom stereocenters. The molecule has 0 saturated heterocycles. The summed E-state index contributed by atoms with van der Waals surface area (Å²) < 4.78 is 0. The number of benzene rings is 1. The van der Waals surface area contributed by atoms with E-state index in [1.807, 2.05) is 0 Å². The standard InChI is InChI=1S/C16H26N2/c1-13(14-5-3-2-4-6-14)11-12-18-16-9-7-15(17)8-10-16/h2-6,13,15-16,18H,7-12,17H2,1H3. The van der Waals surface area contributed by atoms with Gasteiger partial charge >= 0.3 is 0 Å². The third-order valence-electron chi connectivity index (χ3n) is 4.15. The van der Waals surface area contributed by atoms with Crippen LogP contribution in [-0.2, 0) is 0 Å². The van der Waals surface area contributed by atoms with Gasteiger partial charge in [-0.05, 0) is 50.1 Å². The molecule has 0 spiro atoms. The molecule has 1 saturated carbocycles. The largest absolute Gasteiger partial charge is 0.328 e. The molecule has 3 N–H and O–H groups in total. The zero-order chi connectivity index (χ0) is 12.8. The summed E-state index contributed by atoms with van der Waals surface area (Å²) in [5.41, 5.74) is 7.37. The first kappa shape index (κ1) is 13.6. The molecule has 1 aliphatic rings. The molecule has 2 heteroatoms. The molecule has 100 valence electrons. The van der Waals surface area contributed by atoms with Gasteiger partial charge in [0.25, 0.3) is 0 Å². The molecule has 2 rings (SSSR count). The van der Waals surface area contributed by atoms with Crippen LogP contribution >= 0.6 is 0 Å². The molecule has 1 fully saturated rings. The maximum atomic E-state index is 5.92. The Hall–Kier alpha value is -0.860. The van der Waals surface area contributed by atoms with E-state index < -0.39 is 0 Å². The summed E-state index contributed by atoms with van der Waals surface area (Å²) in [6, 6.07) is 11.9. The first-order valence-electron chi connectivity index (χ1n) is 7.29. The van der Waals surface area contributed by atoms with Crippen LogP contribution in [0.4, 0.5) is 0 Å². The third kappa shape index (κ3) is 4.11. The van der Waals surface area contributed by atoms with Crippen LogP contribution in [0.1, 0.15) is 50.5 Å². The van der Waals surface area contributed by atoms with Gasteiger partial charge in [-0.1, -0.05) is 37.3 Å². The lowest BCUT2D eigenvalue weighted by Crippen LogP contribution is -2.38. The van der Waals surface area contributed by atoms with Crippen molar-refractivity contribution in [1.29, 1.82) is 0 Å². The molecular formula is C16H26N2. The Labute approximate surface area is 111 Å². The summed E-state index contributed by atoms with van der Waals surface area (Å²) in [6.45, 7) is 3.43. The Morgan fingerprint density at radius 3 is 2.50 bits per heavy atom. The second-order valence-corrected chi connectivity index (χ2v) is 5.67. The highest BCUT2D eigenvalue weighted by Crippen LogP contribution is 2.19. The second kappa shape index (κ2) is 6.91. The van der Waals surface area contributed by atoms with Crippen molar-refractivity contribution in [3.63, 3.8) is 0 Å². The van der Waals surface area contributed by atoms with Crippen molar-refractivity contribution < 1.29 is 0 Å². The molecule has 1 aromatic carbocycles. The number of hydrogen-bond acceptors (Lipinski definition) is 2. The molecule has 2 nitrogen and oxygen atoms in total. The molecule has 0 aromatic heterocycles. The second-order valence-electron chi connectivity index (χ2n) is 5.67. The van der Waals surface area contributed by atoms with Crippen molar-refractivity contribution in [1.82, 2.24) is 5.32 Å². The number of rotatable bonds is 5. The lowest BCUT2D eigenvalue weighted by atomic mass is 9.91. The average molecular weight is 246 g/mol. The predicted molar refractivity (Wildman–Crippen MR) is 77.7 cm³/mol. The van der Waals surface area contributed by atoms with E-state index in [0.29, 0.717) is 18.0 Å². The fraction of sp³-hybridized carbons (Fsp3) is 0.625. The van der Waals surface area contributed by atoms with Gasteiger partial charge in [-0.15, -0.1) is 0 Å². The summed E-state index contributed by atoms with van der Waals surface area (Å²) in [5, 5.41) is 3.69. The van der Waals surface area contributed by atoms with E-state index in [-0.39, 0.29) is 0 Å². The van der Waals surface area contributed by atoms with Gasteiger partial charge in [0.05, 0.1) is 0 Å². The van der Waals surface area contributed by atoms with E-state index in [1.165, 1.54) is 37.7 Å². The van der Waals surface area contributed by atoms with Crippen LogP contribution in [0.5, 0.6) is 0 Å². The van der Waals surface area contributed by atoms with Gasteiger partial charge in [-0.25, -0.2) is 0 Å². The van der Waals surface area contributed by atoms with Gasteiger partial charge in [-0.3, -0.25) is 0 Å². The molecular weight excluding hydrogens is 220 g/mol. The van der Waals surface area contributed by atoms with Gasteiger partial charge < -0.3 is 11.1 Å². The van der Waals surface area contributed by atoms with Crippen LogP contribution in [0.25, 0.3) is 0 Å². The van der Waals surface area contributed by atoms with E-state index in [0.717, 1.165) is 6.54 Å². The van der Waals surface area contributed by atoms with Crippen molar-refractivity contribution >= 4 is 0 Å². The zero-order valence-corrected chi connectivity index (χ0v) is 11.4. The Morgan fingerprint density at radius 1 is 1.17 bits per heavy atom. The third-order valence-corrected chi connectivity index (χ3v) is 4.15. The minimum Gasteiger partial charge on any atom is -0.328 e. The van der Waals surface area contributed by atoms with Crippen molar-refractivity contribution in [3.8, 4) is 0 Å². The van der Waals surface area contributed by atoms with Gasteiger partial charge in [0.1, 0.15) is 0 Å². The first-order chi connectivity index (χ1) is 8.75. The quantitative estimate of drug-likeness (QED) is 0.838. The van der Waals surface area contributed by atoms with Crippen LogP contribution in [0.2, 0.25) is 0 Å². The Balaban J connectivity index is 1.66. The molecule has 0 radical (unpaired) electrons. The van der Waals surface area contributed by atoms with Crippen LogP contribution < -0.4 is 11.1 Å².